The van der Waals surface area contributed by atoms with E-state index in [-0.39, 0.29) is 50.3 Å². The number of rotatable bonds is 1. The summed E-state index contributed by atoms with van der Waals surface area (Å²) in [5.41, 5.74) is 0.797. The van der Waals surface area contributed by atoms with Crippen LogP contribution < -0.4 is 4.90 Å². The summed E-state index contributed by atoms with van der Waals surface area (Å²) in [5.74, 6) is -1.11. The molecular weight excluding hydrogens is 376 g/mol. The van der Waals surface area contributed by atoms with Crippen molar-refractivity contribution < 1.29 is 14.0 Å². The number of carbonyl (C=O) groups is 2. The summed E-state index contributed by atoms with van der Waals surface area (Å²) in [6.07, 6.45) is 0.108. The van der Waals surface area contributed by atoms with Crippen LogP contribution in [0.1, 0.15) is 34.1 Å². The highest BCUT2D eigenvalue weighted by Crippen LogP contribution is 2.35. The number of hydrogen-bond acceptors (Lipinski definition) is 2. The summed E-state index contributed by atoms with van der Waals surface area (Å²) >= 11 is 17.9. The Balaban J connectivity index is 2.10. The van der Waals surface area contributed by atoms with Crippen molar-refractivity contribution in [3.05, 3.63) is 62.3 Å². The van der Waals surface area contributed by atoms with Crippen molar-refractivity contribution >= 4 is 52.2 Å². The fourth-order valence-electron chi connectivity index (χ4n) is 2.78. The van der Waals surface area contributed by atoms with Gasteiger partial charge in [0.25, 0.3) is 5.91 Å². The van der Waals surface area contributed by atoms with Gasteiger partial charge >= 0.3 is 0 Å². The van der Waals surface area contributed by atoms with Crippen molar-refractivity contribution in [2.24, 2.45) is 0 Å². The largest absolute Gasteiger partial charge is 0.304 e. The van der Waals surface area contributed by atoms with Gasteiger partial charge in [0.1, 0.15) is 5.82 Å². The van der Waals surface area contributed by atoms with Crippen molar-refractivity contribution in [3.8, 4) is 0 Å². The normalized spacial score (nSPS) is 17.0. The van der Waals surface area contributed by atoms with Crippen molar-refractivity contribution in [2.45, 2.75) is 19.4 Å². The number of Topliss-reactive ketones (excluding diaryl/α,β-unsaturated/α-hetero) is 1. The molecule has 0 aliphatic carbocycles. The van der Waals surface area contributed by atoms with E-state index in [1.54, 1.807) is 6.92 Å². The Morgan fingerprint density at radius 1 is 1.17 bits per heavy atom. The van der Waals surface area contributed by atoms with Crippen LogP contribution in [0.3, 0.4) is 0 Å². The van der Waals surface area contributed by atoms with E-state index in [0.29, 0.717) is 5.69 Å². The minimum Gasteiger partial charge on any atom is -0.304 e. The third kappa shape index (κ3) is 2.90. The van der Waals surface area contributed by atoms with Gasteiger partial charge in [-0.2, -0.15) is 0 Å². The second-order valence-corrected chi connectivity index (χ2v) is 6.76. The average Bonchev–Trinajstić information content (AvgIpc) is 2.52. The van der Waals surface area contributed by atoms with Crippen LogP contribution in [0.15, 0.2) is 30.3 Å². The van der Waals surface area contributed by atoms with Gasteiger partial charge in [0.05, 0.1) is 20.8 Å². The first-order valence-corrected chi connectivity index (χ1v) is 8.24. The second kappa shape index (κ2) is 6.36. The smallest absolute Gasteiger partial charge is 0.258 e. The first kappa shape index (κ1) is 17.2. The molecule has 0 bridgehead atoms. The van der Waals surface area contributed by atoms with E-state index in [2.05, 4.69) is 0 Å². The minimum atomic E-state index is -0.526. The fraction of sp³-hybridized carbons (Fsp3) is 0.176. The summed E-state index contributed by atoms with van der Waals surface area (Å²) in [7, 11) is 0. The average molecular weight is 387 g/mol. The van der Waals surface area contributed by atoms with Gasteiger partial charge in [-0.3, -0.25) is 9.59 Å². The predicted octanol–water partition coefficient (Wildman–Crippen LogP) is 5.41. The maximum Gasteiger partial charge on any atom is 0.258 e. The van der Waals surface area contributed by atoms with Crippen LogP contribution in [-0.2, 0) is 0 Å². The topological polar surface area (TPSA) is 37.4 Å². The maximum atomic E-state index is 13.5. The number of benzene rings is 2. The highest BCUT2D eigenvalue weighted by molar-refractivity contribution is 6.48. The Morgan fingerprint density at radius 3 is 2.42 bits per heavy atom. The van der Waals surface area contributed by atoms with Gasteiger partial charge in [-0.15, -0.1) is 0 Å². The second-order valence-electron chi connectivity index (χ2n) is 5.57. The molecule has 3 nitrogen and oxygen atoms in total. The van der Waals surface area contributed by atoms with Crippen LogP contribution in [0.4, 0.5) is 10.1 Å². The van der Waals surface area contributed by atoms with E-state index in [0.717, 1.165) is 6.07 Å². The molecule has 1 atom stereocenters. The van der Waals surface area contributed by atoms with Gasteiger partial charge in [0.15, 0.2) is 5.78 Å². The lowest BCUT2D eigenvalue weighted by Crippen LogP contribution is -2.44. The van der Waals surface area contributed by atoms with Gasteiger partial charge in [-0.05, 0) is 37.3 Å². The quantitative estimate of drug-likeness (QED) is 0.615. The third-order valence-corrected chi connectivity index (χ3v) is 5.09. The van der Waals surface area contributed by atoms with Crippen molar-refractivity contribution in [1.82, 2.24) is 0 Å². The maximum absolute atomic E-state index is 13.5. The lowest BCUT2D eigenvalue weighted by Gasteiger charge is -2.34. The summed E-state index contributed by atoms with van der Waals surface area (Å²) in [5, 5.41) is 0.486. The molecule has 0 radical (unpaired) electrons. The molecule has 1 heterocycles. The Labute approximate surface area is 152 Å². The van der Waals surface area contributed by atoms with E-state index < -0.39 is 5.82 Å². The Hall–Kier alpha value is -1.62. The predicted molar refractivity (Wildman–Crippen MR) is 93.1 cm³/mol. The van der Waals surface area contributed by atoms with Crippen molar-refractivity contribution in [1.29, 1.82) is 0 Å². The number of anilines is 1. The molecule has 1 aliphatic rings. The summed E-state index contributed by atoms with van der Waals surface area (Å²) in [4.78, 5) is 26.5. The standard InChI is InChI=1S/C17H11Cl3FNO2/c1-8-4-15(23)11-7-10(21)2-3-14(11)22(8)17(24)9-5-12(18)16(20)13(19)6-9/h2-3,5-8H,4H2,1H3. The van der Waals surface area contributed by atoms with Crippen LogP contribution in [0.25, 0.3) is 0 Å². The molecule has 2 aromatic rings. The molecule has 1 aliphatic heterocycles. The number of hydrogen-bond donors (Lipinski definition) is 0. The van der Waals surface area contributed by atoms with Crippen LogP contribution in [0.5, 0.6) is 0 Å². The van der Waals surface area contributed by atoms with Gasteiger partial charge in [-0.1, -0.05) is 34.8 Å². The van der Waals surface area contributed by atoms with Gasteiger partial charge < -0.3 is 4.90 Å². The molecule has 0 aromatic heterocycles. The summed E-state index contributed by atoms with van der Waals surface area (Å²) in [6, 6.07) is 6.25. The van der Waals surface area contributed by atoms with Crippen molar-refractivity contribution in [2.75, 3.05) is 4.90 Å². The molecule has 3 rings (SSSR count). The van der Waals surface area contributed by atoms with Crippen LogP contribution >= 0.6 is 34.8 Å². The number of carbonyl (C=O) groups excluding carboxylic acids is 2. The zero-order chi connectivity index (χ0) is 17.6. The van der Waals surface area contributed by atoms with E-state index in [9.17, 15) is 14.0 Å². The molecule has 0 saturated carbocycles. The number of nitrogens with zero attached hydrogens (tertiary/aromatic N) is 1. The molecule has 0 spiro atoms. The SMILES string of the molecule is CC1CC(=O)c2cc(F)ccc2N1C(=O)c1cc(Cl)c(Cl)c(Cl)c1. The van der Waals surface area contributed by atoms with E-state index in [1.807, 2.05) is 0 Å². The summed E-state index contributed by atoms with van der Waals surface area (Å²) in [6.45, 7) is 1.75. The Bertz CT molecular complexity index is 846. The number of fused-ring (bicyclic) bond motifs is 1. The highest BCUT2D eigenvalue weighted by Gasteiger charge is 2.33. The van der Waals surface area contributed by atoms with Crippen LogP contribution in [-0.4, -0.2) is 17.7 Å². The summed E-state index contributed by atoms with van der Waals surface area (Å²) < 4.78 is 13.5. The first-order chi connectivity index (χ1) is 11.3. The molecule has 2 aromatic carbocycles. The molecule has 0 N–H and O–H groups in total. The van der Waals surface area contributed by atoms with Gasteiger partial charge in [0.2, 0.25) is 0 Å². The lowest BCUT2D eigenvalue weighted by atomic mass is 9.94. The molecule has 1 unspecified atom stereocenters. The fourth-order valence-corrected chi connectivity index (χ4v) is 3.37. The first-order valence-electron chi connectivity index (χ1n) is 7.10. The molecular formula is C17H11Cl3FNO2. The van der Waals surface area contributed by atoms with Crippen LogP contribution in [0, 0.1) is 5.82 Å². The minimum absolute atomic E-state index is 0.108. The molecule has 7 heteroatoms. The van der Waals surface area contributed by atoms with Crippen LogP contribution in [0.2, 0.25) is 15.1 Å². The number of halogens is 4. The van der Waals surface area contributed by atoms with E-state index in [4.69, 9.17) is 34.8 Å². The van der Waals surface area contributed by atoms with E-state index in [1.165, 1.54) is 29.2 Å². The zero-order valence-corrected chi connectivity index (χ0v) is 14.7. The molecule has 124 valence electrons. The van der Waals surface area contributed by atoms with Gasteiger partial charge in [-0.25, -0.2) is 4.39 Å². The monoisotopic (exact) mass is 385 g/mol. The zero-order valence-electron chi connectivity index (χ0n) is 12.4. The molecule has 0 fully saturated rings. The molecule has 24 heavy (non-hydrogen) atoms. The molecule has 0 saturated heterocycles. The highest BCUT2D eigenvalue weighted by atomic mass is 35.5. The number of amides is 1. The van der Waals surface area contributed by atoms with E-state index >= 15 is 0 Å². The Kier molecular flexibility index (Phi) is 4.56. The molecule has 1 amide bonds. The third-order valence-electron chi connectivity index (χ3n) is 3.89. The van der Waals surface area contributed by atoms with Crippen molar-refractivity contribution in [3.63, 3.8) is 0 Å². The lowest BCUT2D eigenvalue weighted by molar-refractivity contribution is 0.0936. The van der Waals surface area contributed by atoms with Gasteiger partial charge in [0, 0.05) is 23.6 Å². The Morgan fingerprint density at radius 2 is 1.79 bits per heavy atom. The number of ketones is 1.